The van der Waals surface area contributed by atoms with Gasteiger partial charge in [-0.3, -0.25) is 9.69 Å². The summed E-state index contributed by atoms with van der Waals surface area (Å²) in [5.74, 6) is -0.0652. The molecule has 1 amide bonds. The van der Waals surface area contributed by atoms with Gasteiger partial charge in [0.25, 0.3) is 0 Å². The molecule has 1 atom stereocenters. The lowest BCUT2D eigenvalue weighted by Gasteiger charge is -2.30. The van der Waals surface area contributed by atoms with E-state index in [0.717, 1.165) is 16.8 Å². The normalized spacial score (nSPS) is 16.1. The second-order valence-electron chi connectivity index (χ2n) is 4.92. The summed E-state index contributed by atoms with van der Waals surface area (Å²) >= 11 is 0. The van der Waals surface area contributed by atoms with Crippen molar-refractivity contribution in [2.24, 2.45) is 0 Å². The minimum atomic E-state index is -0.545. The number of anilines is 1. The van der Waals surface area contributed by atoms with Gasteiger partial charge in [0, 0.05) is 0 Å². The third kappa shape index (κ3) is 2.56. The van der Waals surface area contributed by atoms with Crippen molar-refractivity contribution in [2.45, 2.75) is 12.5 Å². The first-order chi connectivity index (χ1) is 10.3. The Morgan fingerprint density at radius 2 is 1.81 bits per heavy atom. The summed E-state index contributed by atoms with van der Waals surface area (Å²) in [7, 11) is 0. The SMILES string of the molecule is N#C[C@@H]1C=Cc2ccccc2N1C(=O)Cc1ccccc1. The van der Waals surface area contributed by atoms with Gasteiger partial charge < -0.3 is 0 Å². The molecule has 3 nitrogen and oxygen atoms in total. The van der Waals surface area contributed by atoms with Crippen LogP contribution in [-0.4, -0.2) is 11.9 Å². The van der Waals surface area contributed by atoms with Crippen LogP contribution in [0.25, 0.3) is 6.08 Å². The van der Waals surface area contributed by atoms with Crippen LogP contribution in [0.15, 0.2) is 60.7 Å². The molecule has 3 rings (SSSR count). The smallest absolute Gasteiger partial charge is 0.232 e. The van der Waals surface area contributed by atoms with Crippen molar-refractivity contribution in [1.82, 2.24) is 0 Å². The maximum Gasteiger partial charge on any atom is 0.232 e. The third-order valence-corrected chi connectivity index (χ3v) is 3.53. The van der Waals surface area contributed by atoms with E-state index in [1.807, 2.05) is 60.7 Å². The summed E-state index contributed by atoms with van der Waals surface area (Å²) in [6.45, 7) is 0. The molecule has 2 aromatic rings. The van der Waals surface area contributed by atoms with Crippen LogP contribution in [-0.2, 0) is 11.2 Å². The largest absolute Gasteiger partial charge is 0.291 e. The molecule has 0 aromatic heterocycles. The van der Waals surface area contributed by atoms with Gasteiger partial charge >= 0.3 is 0 Å². The Morgan fingerprint density at radius 1 is 1.10 bits per heavy atom. The zero-order valence-electron chi connectivity index (χ0n) is 11.4. The van der Waals surface area contributed by atoms with Crippen LogP contribution < -0.4 is 4.90 Å². The summed E-state index contributed by atoms with van der Waals surface area (Å²) in [5, 5.41) is 9.31. The first-order valence-electron chi connectivity index (χ1n) is 6.82. The van der Waals surface area contributed by atoms with Crippen molar-refractivity contribution in [1.29, 1.82) is 5.26 Å². The average molecular weight is 274 g/mol. The summed E-state index contributed by atoms with van der Waals surface area (Å²) in [6, 6.07) is 18.9. The number of carbonyl (C=O) groups excluding carboxylic acids is 1. The number of amides is 1. The number of carbonyl (C=O) groups is 1. The zero-order valence-corrected chi connectivity index (χ0v) is 11.4. The average Bonchev–Trinajstić information content (AvgIpc) is 2.54. The first-order valence-corrected chi connectivity index (χ1v) is 6.82. The number of hydrogen-bond donors (Lipinski definition) is 0. The van der Waals surface area contributed by atoms with Crippen LogP contribution in [0.5, 0.6) is 0 Å². The van der Waals surface area contributed by atoms with Crippen LogP contribution in [0, 0.1) is 11.3 Å². The van der Waals surface area contributed by atoms with E-state index in [4.69, 9.17) is 0 Å². The predicted molar refractivity (Wildman–Crippen MR) is 82.5 cm³/mol. The van der Waals surface area contributed by atoms with E-state index in [1.165, 1.54) is 0 Å². The first kappa shape index (κ1) is 13.1. The van der Waals surface area contributed by atoms with Gasteiger partial charge in [0.15, 0.2) is 0 Å². The van der Waals surface area contributed by atoms with Crippen molar-refractivity contribution in [3.63, 3.8) is 0 Å². The minimum Gasteiger partial charge on any atom is -0.291 e. The molecule has 0 aliphatic carbocycles. The third-order valence-electron chi connectivity index (χ3n) is 3.53. The maximum atomic E-state index is 12.6. The van der Waals surface area contributed by atoms with E-state index >= 15 is 0 Å². The second kappa shape index (κ2) is 5.64. The molecule has 2 aromatic carbocycles. The van der Waals surface area contributed by atoms with Crippen LogP contribution in [0.4, 0.5) is 5.69 Å². The fourth-order valence-corrected chi connectivity index (χ4v) is 2.52. The van der Waals surface area contributed by atoms with Crippen molar-refractivity contribution >= 4 is 17.7 Å². The number of benzene rings is 2. The van der Waals surface area contributed by atoms with Gasteiger partial charge in [-0.2, -0.15) is 5.26 Å². The van der Waals surface area contributed by atoms with Gasteiger partial charge in [-0.15, -0.1) is 0 Å². The van der Waals surface area contributed by atoms with Crippen LogP contribution >= 0.6 is 0 Å². The quantitative estimate of drug-likeness (QED) is 0.844. The topological polar surface area (TPSA) is 44.1 Å². The Morgan fingerprint density at radius 3 is 2.57 bits per heavy atom. The van der Waals surface area contributed by atoms with Gasteiger partial charge in [-0.05, 0) is 23.3 Å². The highest BCUT2D eigenvalue weighted by Gasteiger charge is 2.27. The van der Waals surface area contributed by atoms with Gasteiger partial charge in [0.05, 0.1) is 18.2 Å². The maximum absolute atomic E-state index is 12.6. The number of fused-ring (bicyclic) bond motifs is 1. The number of para-hydroxylation sites is 1. The van der Waals surface area contributed by atoms with Crippen LogP contribution in [0.2, 0.25) is 0 Å². The molecule has 0 unspecified atom stereocenters. The fourth-order valence-electron chi connectivity index (χ4n) is 2.52. The van der Waals surface area contributed by atoms with Crippen molar-refractivity contribution in [3.8, 4) is 6.07 Å². The van der Waals surface area contributed by atoms with E-state index in [0.29, 0.717) is 6.42 Å². The van der Waals surface area contributed by atoms with Crippen molar-refractivity contribution < 1.29 is 4.79 Å². The van der Waals surface area contributed by atoms with Gasteiger partial charge in [0.1, 0.15) is 6.04 Å². The Labute approximate surface area is 123 Å². The van der Waals surface area contributed by atoms with Crippen LogP contribution in [0.3, 0.4) is 0 Å². The summed E-state index contributed by atoms with van der Waals surface area (Å²) in [4.78, 5) is 14.2. The van der Waals surface area contributed by atoms with E-state index in [-0.39, 0.29) is 5.91 Å². The lowest BCUT2D eigenvalue weighted by atomic mass is 10.0. The second-order valence-corrected chi connectivity index (χ2v) is 4.92. The minimum absolute atomic E-state index is 0.0652. The zero-order chi connectivity index (χ0) is 14.7. The molecule has 102 valence electrons. The molecule has 3 heteroatoms. The molecule has 0 fully saturated rings. The monoisotopic (exact) mass is 274 g/mol. The van der Waals surface area contributed by atoms with Crippen LogP contribution in [0.1, 0.15) is 11.1 Å². The Hall–Kier alpha value is -2.86. The number of nitrogens with zero attached hydrogens (tertiary/aromatic N) is 2. The van der Waals surface area contributed by atoms with E-state index in [9.17, 15) is 10.1 Å². The van der Waals surface area contributed by atoms with Gasteiger partial charge in [-0.1, -0.05) is 54.6 Å². The molecular formula is C18H14N2O. The Bertz CT molecular complexity index is 728. The standard InChI is InChI=1S/C18H14N2O/c19-13-16-11-10-15-8-4-5-9-17(15)20(16)18(21)12-14-6-2-1-3-7-14/h1-11,16H,12H2/t16-/m0/s1. The van der Waals surface area contributed by atoms with Gasteiger partial charge in [-0.25, -0.2) is 0 Å². The molecule has 0 N–H and O–H groups in total. The molecule has 1 heterocycles. The summed E-state index contributed by atoms with van der Waals surface area (Å²) in [6.07, 6.45) is 3.96. The van der Waals surface area contributed by atoms with Gasteiger partial charge in [0.2, 0.25) is 5.91 Å². The lowest BCUT2D eigenvalue weighted by Crippen LogP contribution is -2.41. The van der Waals surface area contributed by atoms with E-state index in [1.54, 1.807) is 11.0 Å². The molecule has 1 aliphatic heterocycles. The van der Waals surface area contributed by atoms with E-state index < -0.39 is 6.04 Å². The molecule has 0 saturated carbocycles. The summed E-state index contributed by atoms with van der Waals surface area (Å²) in [5.41, 5.74) is 2.71. The highest BCUT2D eigenvalue weighted by Crippen LogP contribution is 2.29. The lowest BCUT2D eigenvalue weighted by molar-refractivity contribution is -0.118. The number of rotatable bonds is 2. The summed E-state index contributed by atoms with van der Waals surface area (Å²) < 4.78 is 0. The van der Waals surface area contributed by atoms with E-state index in [2.05, 4.69) is 6.07 Å². The molecule has 0 radical (unpaired) electrons. The fraction of sp³-hybridized carbons (Fsp3) is 0.111. The van der Waals surface area contributed by atoms with Crippen molar-refractivity contribution in [2.75, 3.05) is 4.90 Å². The molecule has 0 spiro atoms. The molecule has 21 heavy (non-hydrogen) atoms. The Balaban J connectivity index is 1.93. The number of nitriles is 1. The number of hydrogen-bond acceptors (Lipinski definition) is 2. The molecule has 1 aliphatic rings. The predicted octanol–water partition coefficient (Wildman–Crippen LogP) is 3.18. The molecular weight excluding hydrogens is 260 g/mol. The highest BCUT2D eigenvalue weighted by atomic mass is 16.2. The van der Waals surface area contributed by atoms with Crippen molar-refractivity contribution in [3.05, 3.63) is 71.8 Å². The molecule has 0 saturated heterocycles. The Kier molecular flexibility index (Phi) is 3.53. The highest BCUT2D eigenvalue weighted by molar-refractivity contribution is 5.99. The molecule has 0 bridgehead atoms.